The molecule has 0 amide bonds. The number of piperidine rings is 1. The van der Waals surface area contributed by atoms with Crippen LogP contribution in [-0.2, 0) is 24.8 Å². The normalized spacial score (nSPS) is 18.3. The monoisotopic (exact) mass is 612 g/mol. The number of sulfonamides is 2. The van der Waals surface area contributed by atoms with E-state index >= 15 is 0 Å². The van der Waals surface area contributed by atoms with Gasteiger partial charge in [-0.2, -0.15) is 8.61 Å². The van der Waals surface area contributed by atoms with E-state index in [9.17, 15) is 16.8 Å². The van der Waals surface area contributed by atoms with Crippen LogP contribution in [0.4, 0.5) is 0 Å². The maximum Gasteiger partial charge on any atom is 0.247 e. The lowest BCUT2D eigenvalue weighted by atomic mass is 9.97. The Kier molecular flexibility index (Phi) is 8.60. The fraction of sp³-hybridized carbons (Fsp3) is 0.500. The molecule has 2 aliphatic heterocycles. The van der Waals surface area contributed by atoms with Crippen molar-refractivity contribution in [3.05, 3.63) is 41.2 Å². The molecule has 1 aromatic heterocycles. The van der Waals surface area contributed by atoms with Crippen molar-refractivity contribution in [1.29, 1.82) is 0 Å². The van der Waals surface area contributed by atoms with E-state index in [0.29, 0.717) is 17.9 Å². The Labute approximate surface area is 239 Å². The summed E-state index contributed by atoms with van der Waals surface area (Å²) in [5.41, 5.74) is 1.65. The molecule has 1 N–H and O–H groups in total. The summed E-state index contributed by atoms with van der Waals surface area (Å²) in [6.45, 7) is 5.26. The van der Waals surface area contributed by atoms with Gasteiger partial charge in [0.05, 0.1) is 37.5 Å². The SMILES string of the molecule is CCOc1cc(S(=O)(=O)N2CCC(c3nc4ccc(Cl)cc4[nH]3)CC2)c(OCC)cc1S(=O)(=O)N1CCOCC1. The van der Waals surface area contributed by atoms with Crippen molar-refractivity contribution >= 4 is 42.7 Å². The highest BCUT2D eigenvalue weighted by Gasteiger charge is 2.36. The van der Waals surface area contributed by atoms with E-state index in [4.69, 9.17) is 25.8 Å². The van der Waals surface area contributed by atoms with Crippen LogP contribution in [0, 0.1) is 0 Å². The van der Waals surface area contributed by atoms with Crippen molar-refractivity contribution in [2.24, 2.45) is 0 Å². The number of ether oxygens (including phenoxy) is 3. The number of nitrogens with zero attached hydrogens (tertiary/aromatic N) is 3. The summed E-state index contributed by atoms with van der Waals surface area (Å²) >= 11 is 6.10. The Hall–Kier alpha value is -2.42. The summed E-state index contributed by atoms with van der Waals surface area (Å²) < 4.78 is 74.2. The average Bonchev–Trinajstić information content (AvgIpc) is 3.37. The van der Waals surface area contributed by atoms with Gasteiger partial charge in [0.25, 0.3) is 0 Å². The maximum atomic E-state index is 13.9. The van der Waals surface area contributed by atoms with Gasteiger partial charge in [0.15, 0.2) is 0 Å². The molecule has 40 heavy (non-hydrogen) atoms. The van der Waals surface area contributed by atoms with Gasteiger partial charge in [0, 0.05) is 49.3 Å². The van der Waals surface area contributed by atoms with E-state index in [0.717, 1.165) is 16.9 Å². The van der Waals surface area contributed by atoms with Crippen LogP contribution in [-0.4, -0.2) is 88.0 Å². The molecule has 11 nitrogen and oxygen atoms in total. The van der Waals surface area contributed by atoms with Gasteiger partial charge >= 0.3 is 0 Å². The summed E-state index contributed by atoms with van der Waals surface area (Å²) in [7, 11) is -8.00. The molecule has 0 saturated carbocycles. The molecule has 2 saturated heterocycles. The molecule has 0 atom stereocenters. The third kappa shape index (κ3) is 5.68. The molecule has 0 unspecified atom stereocenters. The van der Waals surface area contributed by atoms with Crippen molar-refractivity contribution < 1.29 is 31.0 Å². The highest BCUT2D eigenvalue weighted by Crippen LogP contribution is 2.39. The van der Waals surface area contributed by atoms with Crippen molar-refractivity contribution in [3.8, 4) is 11.5 Å². The predicted molar refractivity (Wildman–Crippen MR) is 150 cm³/mol. The lowest BCUT2D eigenvalue weighted by Crippen LogP contribution is -2.41. The fourth-order valence-electron chi connectivity index (χ4n) is 5.09. The van der Waals surface area contributed by atoms with Crippen LogP contribution >= 0.6 is 11.6 Å². The minimum Gasteiger partial charge on any atom is -0.492 e. The molecule has 14 heteroatoms. The fourth-order valence-corrected chi connectivity index (χ4v) is 8.40. The summed E-state index contributed by atoms with van der Waals surface area (Å²) in [5, 5.41) is 0.615. The zero-order valence-corrected chi connectivity index (χ0v) is 24.8. The van der Waals surface area contributed by atoms with E-state index in [-0.39, 0.29) is 79.8 Å². The lowest BCUT2D eigenvalue weighted by molar-refractivity contribution is 0.0729. The number of aromatic nitrogens is 2. The number of hydrogen-bond acceptors (Lipinski definition) is 8. The number of morpholine rings is 1. The maximum absolute atomic E-state index is 13.9. The molecule has 0 radical (unpaired) electrons. The minimum atomic E-state index is -4.03. The predicted octanol–water partition coefficient (Wildman–Crippen LogP) is 3.60. The number of aromatic amines is 1. The summed E-state index contributed by atoms with van der Waals surface area (Å²) in [4.78, 5) is 7.76. The summed E-state index contributed by atoms with van der Waals surface area (Å²) in [6, 6.07) is 8.02. The van der Waals surface area contributed by atoms with E-state index in [1.807, 2.05) is 12.1 Å². The molecule has 3 heterocycles. The standard InChI is InChI=1S/C26H33ClN4O7S2/c1-3-37-22-17-25(40(34,35)31-11-13-36-14-12-31)23(38-4-2)16-24(22)39(32,33)30-9-7-18(8-10-30)26-28-20-6-5-19(27)15-21(20)29-26/h5-6,15-18H,3-4,7-14H2,1-2H3,(H,28,29). The Morgan fingerprint density at radius 3 is 2.00 bits per heavy atom. The number of hydrogen-bond donors (Lipinski definition) is 1. The van der Waals surface area contributed by atoms with Crippen molar-refractivity contribution in [1.82, 2.24) is 18.6 Å². The van der Waals surface area contributed by atoms with Gasteiger partial charge in [-0.05, 0) is 44.9 Å². The second kappa shape index (κ2) is 11.8. The van der Waals surface area contributed by atoms with Crippen LogP contribution in [0.25, 0.3) is 11.0 Å². The van der Waals surface area contributed by atoms with E-state index < -0.39 is 20.0 Å². The van der Waals surface area contributed by atoms with E-state index in [2.05, 4.69) is 9.97 Å². The second-order valence-electron chi connectivity index (χ2n) is 9.59. The van der Waals surface area contributed by atoms with Gasteiger partial charge in [-0.1, -0.05) is 11.6 Å². The molecule has 2 fully saturated rings. The van der Waals surface area contributed by atoms with Crippen LogP contribution in [0.15, 0.2) is 40.1 Å². The first-order chi connectivity index (χ1) is 19.1. The van der Waals surface area contributed by atoms with Crippen molar-refractivity contribution in [2.45, 2.75) is 42.4 Å². The largest absolute Gasteiger partial charge is 0.492 e. The number of rotatable bonds is 9. The Morgan fingerprint density at radius 1 is 0.900 bits per heavy atom. The second-order valence-corrected chi connectivity index (χ2v) is 13.8. The first-order valence-electron chi connectivity index (χ1n) is 13.3. The van der Waals surface area contributed by atoms with Crippen LogP contribution in [0.2, 0.25) is 5.02 Å². The van der Waals surface area contributed by atoms with Gasteiger partial charge in [-0.3, -0.25) is 0 Å². The molecular formula is C26H33ClN4O7S2. The van der Waals surface area contributed by atoms with Gasteiger partial charge in [-0.15, -0.1) is 0 Å². The van der Waals surface area contributed by atoms with Crippen LogP contribution in [0.5, 0.6) is 11.5 Å². The van der Waals surface area contributed by atoms with Crippen LogP contribution in [0.3, 0.4) is 0 Å². The zero-order valence-electron chi connectivity index (χ0n) is 22.4. The number of halogens is 1. The topological polar surface area (TPSA) is 131 Å². The number of H-pyrrole nitrogens is 1. The smallest absolute Gasteiger partial charge is 0.247 e. The lowest BCUT2D eigenvalue weighted by Gasteiger charge is -2.31. The Morgan fingerprint density at radius 2 is 1.45 bits per heavy atom. The Bertz CT molecular complexity index is 1580. The zero-order chi connectivity index (χ0) is 28.5. The van der Waals surface area contributed by atoms with Crippen LogP contribution in [0.1, 0.15) is 38.4 Å². The molecule has 3 aromatic rings. The van der Waals surface area contributed by atoms with Crippen molar-refractivity contribution in [3.63, 3.8) is 0 Å². The van der Waals surface area contributed by atoms with E-state index in [1.54, 1.807) is 19.9 Å². The van der Waals surface area contributed by atoms with Gasteiger partial charge in [0.2, 0.25) is 20.0 Å². The molecule has 0 spiro atoms. The van der Waals surface area contributed by atoms with E-state index in [1.165, 1.54) is 20.7 Å². The summed E-state index contributed by atoms with van der Waals surface area (Å²) in [6.07, 6.45) is 1.14. The molecule has 0 bridgehead atoms. The molecule has 0 aliphatic carbocycles. The molecule has 5 rings (SSSR count). The molecule has 218 valence electrons. The van der Waals surface area contributed by atoms with Gasteiger partial charge < -0.3 is 19.2 Å². The summed E-state index contributed by atoms with van der Waals surface area (Å²) in [5.74, 6) is 0.825. The minimum absolute atomic E-state index is 0.0194. The quantitative estimate of drug-likeness (QED) is 0.388. The van der Waals surface area contributed by atoms with Crippen molar-refractivity contribution in [2.75, 3.05) is 52.6 Å². The number of nitrogens with one attached hydrogen (secondary N) is 1. The Balaban J connectivity index is 1.43. The first-order valence-corrected chi connectivity index (χ1v) is 16.6. The number of fused-ring (bicyclic) bond motifs is 1. The van der Waals surface area contributed by atoms with Gasteiger partial charge in [0.1, 0.15) is 27.1 Å². The van der Waals surface area contributed by atoms with Gasteiger partial charge in [-0.25, -0.2) is 21.8 Å². The highest BCUT2D eigenvalue weighted by molar-refractivity contribution is 7.89. The average molecular weight is 613 g/mol. The first kappa shape index (κ1) is 29.1. The highest BCUT2D eigenvalue weighted by atomic mass is 35.5. The number of benzene rings is 2. The van der Waals surface area contributed by atoms with Crippen LogP contribution < -0.4 is 9.47 Å². The molecule has 2 aliphatic rings. The molecule has 2 aromatic carbocycles. The number of imidazole rings is 1. The third-order valence-electron chi connectivity index (χ3n) is 7.12. The molecular weight excluding hydrogens is 580 g/mol. The third-order valence-corrected chi connectivity index (χ3v) is 11.2.